The van der Waals surface area contributed by atoms with Gasteiger partial charge in [0.25, 0.3) is 11.8 Å². The molecule has 0 atom stereocenters. The molecule has 142 valence electrons. The van der Waals surface area contributed by atoms with Crippen LogP contribution in [0.4, 0.5) is 0 Å². The van der Waals surface area contributed by atoms with E-state index in [0.29, 0.717) is 37.5 Å². The van der Waals surface area contributed by atoms with E-state index in [1.165, 1.54) is 0 Å². The standard InChI is InChI=1S/C23H22N2O3/c26-22(17-28-21-11-10-18-6-4-5-9-20(18)16-21)24-12-14-25(15-13-24)23(27)19-7-2-1-3-8-19/h1-11,16H,12-15,17H2. The van der Waals surface area contributed by atoms with Crippen LogP contribution in [0.3, 0.4) is 0 Å². The summed E-state index contributed by atoms with van der Waals surface area (Å²) in [6.07, 6.45) is 0. The summed E-state index contributed by atoms with van der Waals surface area (Å²) in [5.74, 6) is 0.644. The normalized spacial score (nSPS) is 14.1. The zero-order valence-electron chi connectivity index (χ0n) is 15.6. The summed E-state index contributed by atoms with van der Waals surface area (Å²) < 4.78 is 5.70. The first-order chi connectivity index (χ1) is 13.7. The molecular formula is C23H22N2O3. The molecule has 3 aromatic rings. The Bertz CT molecular complexity index is 979. The highest BCUT2D eigenvalue weighted by Gasteiger charge is 2.24. The highest BCUT2D eigenvalue weighted by molar-refractivity contribution is 5.94. The molecule has 1 aliphatic heterocycles. The van der Waals surface area contributed by atoms with Gasteiger partial charge in [0, 0.05) is 31.7 Å². The Kier molecular flexibility index (Phi) is 5.24. The van der Waals surface area contributed by atoms with Crippen molar-refractivity contribution < 1.29 is 14.3 Å². The summed E-state index contributed by atoms with van der Waals surface area (Å²) in [7, 11) is 0. The molecule has 0 radical (unpaired) electrons. The number of rotatable bonds is 4. The van der Waals surface area contributed by atoms with Crippen molar-refractivity contribution in [3.63, 3.8) is 0 Å². The van der Waals surface area contributed by atoms with Gasteiger partial charge >= 0.3 is 0 Å². The topological polar surface area (TPSA) is 49.9 Å². The number of hydrogen-bond acceptors (Lipinski definition) is 3. The highest BCUT2D eigenvalue weighted by Crippen LogP contribution is 2.20. The minimum atomic E-state index is -0.0556. The predicted octanol–water partition coefficient (Wildman–Crippen LogP) is 3.20. The first-order valence-corrected chi connectivity index (χ1v) is 9.44. The van der Waals surface area contributed by atoms with Crippen LogP contribution in [0, 0.1) is 0 Å². The lowest BCUT2D eigenvalue weighted by molar-refractivity contribution is -0.134. The molecule has 0 spiro atoms. The van der Waals surface area contributed by atoms with Gasteiger partial charge < -0.3 is 14.5 Å². The molecule has 28 heavy (non-hydrogen) atoms. The molecule has 1 fully saturated rings. The molecule has 0 saturated carbocycles. The van der Waals surface area contributed by atoms with Crippen LogP contribution in [-0.4, -0.2) is 54.4 Å². The fourth-order valence-electron chi connectivity index (χ4n) is 3.42. The summed E-state index contributed by atoms with van der Waals surface area (Å²) in [6, 6.07) is 23.1. The molecule has 1 saturated heterocycles. The summed E-state index contributed by atoms with van der Waals surface area (Å²) in [5.41, 5.74) is 0.682. The smallest absolute Gasteiger partial charge is 0.260 e. The van der Waals surface area contributed by atoms with Crippen LogP contribution in [0.2, 0.25) is 0 Å². The Morgan fingerprint density at radius 2 is 1.39 bits per heavy atom. The third-order valence-corrected chi connectivity index (χ3v) is 5.02. The fraction of sp³-hybridized carbons (Fsp3) is 0.217. The average molecular weight is 374 g/mol. The molecule has 3 aromatic carbocycles. The maximum atomic E-state index is 12.5. The van der Waals surface area contributed by atoms with E-state index in [1.54, 1.807) is 9.80 Å². The van der Waals surface area contributed by atoms with Crippen molar-refractivity contribution in [2.24, 2.45) is 0 Å². The Labute approximate surface area is 164 Å². The van der Waals surface area contributed by atoms with Gasteiger partial charge in [-0.25, -0.2) is 0 Å². The van der Waals surface area contributed by atoms with Gasteiger partial charge in [-0.1, -0.05) is 48.5 Å². The molecule has 2 amide bonds. The van der Waals surface area contributed by atoms with Gasteiger partial charge in [-0.2, -0.15) is 0 Å². The van der Waals surface area contributed by atoms with Gasteiger partial charge in [-0.3, -0.25) is 9.59 Å². The molecule has 0 aliphatic carbocycles. The van der Waals surface area contributed by atoms with E-state index in [4.69, 9.17) is 4.74 Å². The largest absolute Gasteiger partial charge is 0.484 e. The van der Waals surface area contributed by atoms with E-state index in [-0.39, 0.29) is 18.4 Å². The molecule has 5 nitrogen and oxygen atoms in total. The van der Waals surface area contributed by atoms with Crippen molar-refractivity contribution in [2.45, 2.75) is 0 Å². The number of amides is 2. The van der Waals surface area contributed by atoms with E-state index in [0.717, 1.165) is 10.8 Å². The van der Waals surface area contributed by atoms with Gasteiger partial charge in [-0.05, 0) is 35.0 Å². The second-order valence-electron chi connectivity index (χ2n) is 6.84. The Morgan fingerprint density at radius 1 is 0.750 bits per heavy atom. The summed E-state index contributed by atoms with van der Waals surface area (Å²) >= 11 is 0. The second-order valence-corrected chi connectivity index (χ2v) is 6.84. The number of benzene rings is 3. The second kappa shape index (κ2) is 8.13. The molecule has 5 heteroatoms. The van der Waals surface area contributed by atoms with E-state index >= 15 is 0 Å². The van der Waals surface area contributed by atoms with E-state index in [1.807, 2.05) is 72.8 Å². The molecule has 1 aliphatic rings. The van der Waals surface area contributed by atoms with Gasteiger partial charge in [0.1, 0.15) is 5.75 Å². The lowest BCUT2D eigenvalue weighted by Gasteiger charge is -2.34. The number of hydrogen-bond donors (Lipinski definition) is 0. The average Bonchev–Trinajstić information content (AvgIpc) is 2.77. The van der Waals surface area contributed by atoms with Crippen molar-refractivity contribution in [1.29, 1.82) is 0 Å². The van der Waals surface area contributed by atoms with Crippen LogP contribution in [0.25, 0.3) is 10.8 Å². The number of piperazine rings is 1. The molecule has 0 aromatic heterocycles. The molecular weight excluding hydrogens is 352 g/mol. The number of carbonyl (C=O) groups excluding carboxylic acids is 2. The van der Waals surface area contributed by atoms with E-state index in [9.17, 15) is 9.59 Å². The quantitative estimate of drug-likeness (QED) is 0.705. The fourth-order valence-corrected chi connectivity index (χ4v) is 3.42. The van der Waals surface area contributed by atoms with Gasteiger partial charge in [0.15, 0.2) is 6.61 Å². The van der Waals surface area contributed by atoms with Crippen LogP contribution < -0.4 is 4.74 Å². The third-order valence-electron chi connectivity index (χ3n) is 5.02. The summed E-state index contributed by atoms with van der Waals surface area (Å²) in [5, 5.41) is 2.22. The van der Waals surface area contributed by atoms with Crippen molar-refractivity contribution in [2.75, 3.05) is 32.8 Å². The minimum Gasteiger partial charge on any atom is -0.484 e. The zero-order valence-corrected chi connectivity index (χ0v) is 15.6. The SMILES string of the molecule is O=C(COc1ccc2ccccc2c1)N1CCN(C(=O)c2ccccc2)CC1. The first-order valence-electron chi connectivity index (χ1n) is 9.44. The highest BCUT2D eigenvalue weighted by atomic mass is 16.5. The maximum absolute atomic E-state index is 12.5. The van der Waals surface area contributed by atoms with Gasteiger partial charge in [0.05, 0.1) is 0 Å². The van der Waals surface area contributed by atoms with E-state index in [2.05, 4.69) is 0 Å². The number of carbonyl (C=O) groups is 2. The van der Waals surface area contributed by atoms with Gasteiger partial charge in [0.2, 0.25) is 0 Å². The van der Waals surface area contributed by atoms with Crippen LogP contribution in [0.1, 0.15) is 10.4 Å². The Hall–Kier alpha value is -3.34. The molecule has 4 rings (SSSR count). The maximum Gasteiger partial charge on any atom is 0.260 e. The molecule has 0 unspecified atom stereocenters. The van der Waals surface area contributed by atoms with Crippen molar-refractivity contribution in [3.8, 4) is 5.75 Å². The van der Waals surface area contributed by atoms with Gasteiger partial charge in [-0.15, -0.1) is 0 Å². The predicted molar refractivity (Wildman–Crippen MR) is 108 cm³/mol. The van der Waals surface area contributed by atoms with Crippen LogP contribution >= 0.6 is 0 Å². The lowest BCUT2D eigenvalue weighted by atomic mass is 10.1. The monoisotopic (exact) mass is 374 g/mol. The van der Waals surface area contributed by atoms with Crippen molar-refractivity contribution in [3.05, 3.63) is 78.4 Å². The molecule has 0 bridgehead atoms. The number of nitrogens with zero attached hydrogens (tertiary/aromatic N) is 2. The first kappa shape index (κ1) is 18.0. The molecule has 0 N–H and O–H groups in total. The summed E-state index contributed by atoms with van der Waals surface area (Å²) in [6.45, 7) is 2.13. The number of fused-ring (bicyclic) bond motifs is 1. The summed E-state index contributed by atoms with van der Waals surface area (Å²) in [4.78, 5) is 28.5. The van der Waals surface area contributed by atoms with E-state index < -0.39 is 0 Å². The zero-order chi connectivity index (χ0) is 19.3. The number of ether oxygens (including phenoxy) is 1. The van der Waals surface area contributed by atoms with Crippen molar-refractivity contribution >= 4 is 22.6 Å². The van der Waals surface area contributed by atoms with Crippen LogP contribution in [0.5, 0.6) is 5.75 Å². The molecule has 1 heterocycles. The minimum absolute atomic E-state index is 0.00493. The van der Waals surface area contributed by atoms with Crippen LogP contribution in [0.15, 0.2) is 72.8 Å². The Balaban J connectivity index is 1.29. The van der Waals surface area contributed by atoms with Crippen LogP contribution in [-0.2, 0) is 4.79 Å². The lowest BCUT2D eigenvalue weighted by Crippen LogP contribution is -2.51. The third kappa shape index (κ3) is 3.98. The van der Waals surface area contributed by atoms with Crippen molar-refractivity contribution in [1.82, 2.24) is 9.80 Å². The Morgan fingerprint density at radius 3 is 2.14 bits per heavy atom.